The van der Waals surface area contributed by atoms with E-state index in [0.717, 1.165) is 12.8 Å². The smallest absolute Gasteiger partial charge is 0.251 e. The molecule has 1 saturated carbocycles. The molecule has 2 heterocycles. The number of hydrogen-bond acceptors (Lipinski definition) is 4. The number of pyridine rings is 1. The molecule has 0 atom stereocenters. The molecule has 0 radical (unpaired) electrons. The molecule has 3 aromatic rings. The van der Waals surface area contributed by atoms with Gasteiger partial charge in [0.1, 0.15) is 11.2 Å². The third-order valence-electron chi connectivity index (χ3n) is 4.47. The Balaban J connectivity index is 1.57. The lowest BCUT2D eigenvalue weighted by atomic mass is 9.95. The highest BCUT2D eigenvalue weighted by molar-refractivity contribution is 5.97. The van der Waals surface area contributed by atoms with Crippen molar-refractivity contribution in [2.45, 2.75) is 38.1 Å². The maximum atomic E-state index is 12.5. The summed E-state index contributed by atoms with van der Waals surface area (Å²) in [6, 6.07) is 11.2. The fourth-order valence-corrected chi connectivity index (χ4v) is 3.18. The minimum atomic E-state index is -0.0359. The van der Waals surface area contributed by atoms with Crippen LogP contribution in [0.1, 0.15) is 42.5 Å². The standard InChI is InChI=1S/C19H19N3O2/c23-18(21-14-6-2-1-3-7-14)13-9-10-17-16(12-13)22-19(24-17)15-8-4-5-11-20-15/h4-5,8-12,14H,1-3,6-7H2,(H,21,23). The Morgan fingerprint density at radius 2 is 2.00 bits per heavy atom. The zero-order valence-electron chi connectivity index (χ0n) is 13.4. The van der Waals surface area contributed by atoms with Gasteiger partial charge in [-0.15, -0.1) is 0 Å². The maximum Gasteiger partial charge on any atom is 0.251 e. The monoisotopic (exact) mass is 321 g/mol. The van der Waals surface area contributed by atoms with E-state index in [-0.39, 0.29) is 5.91 Å². The lowest BCUT2D eigenvalue weighted by Crippen LogP contribution is -2.36. The van der Waals surface area contributed by atoms with E-state index in [4.69, 9.17) is 4.42 Å². The summed E-state index contributed by atoms with van der Waals surface area (Å²) in [5.41, 5.74) is 2.63. The molecule has 5 nitrogen and oxygen atoms in total. The molecule has 1 amide bonds. The Hall–Kier alpha value is -2.69. The van der Waals surface area contributed by atoms with Gasteiger partial charge < -0.3 is 9.73 Å². The van der Waals surface area contributed by atoms with Gasteiger partial charge >= 0.3 is 0 Å². The first-order valence-electron chi connectivity index (χ1n) is 8.42. The van der Waals surface area contributed by atoms with Crippen LogP contribution in [0.15, 0.2) is 47.0 Å². The second-order valence-electron chi connectivity index (χ2n) is 6.22. The van der Waals surface area contributed by atoms with Crippen molar-refractivity contribution < 1.29 is 9.21 Å². The summed E-state index contributed by atoms with van der Waals surface area (Å²) >= 11 is 0. The number of hydrogen-bond donors (Lipinski definition) is 1. The number of carbonyl (C=O) groups is 1. The van der Waals surface area contributed by atoms with E-state index in [9.17, 15) is 4.79 Å². The van der Waals surface area contributed by atoms with Crippen molar-refractivity contribution in [3.63, 3.8) is 0 Å². The summed E-state index contributed by atoms with van der Waals surface area (Å²) in [5, 5.41) is 3.13. The van der Waals surface area contributed by atoms with Crippen molar-refractivity contribution in [1.82, 2.24) is 15.3 Å². The molecule has 1 aliphatic carbocycles. The Bertz CT molecular complexity index is 851. The fraction of sp³-hybridized carbons (Fsp3) is 0.316. The minimum Gasteiger partial charge on any atom is -0.435 e. The average Bonchev–Trinajstić information content (AvgIpc) is 3.06. The van der Waals surface area contributed by atoms with Gasteiger partial charge in [-0.05, 0) is 43.2 Å². The number of fused-ring (bicyclic) bond motifs is 1. The molecule has 1 fully saturated rings. The number of amides is 1. The molecule has 5 heteroatoms. The average molecular weight is 321 g/mol. The van der Waals surface area contributed by atoms with E-state index in [1.807, 2.05) is 18.2 Å². The molecule has 2 aromatic heterocycles. The van der Waals surface area contributed by atoms with Crippen LogP contribution in [0.3, 0.4) is 0 Å². The van der Waals surface area contributed by atoms with Gasteiger partial charge in [-0.25, -0.2) is 4.98 Å². The number of aromatic nitrogens is 2. The Morgan fingerprint density at radius 3 is 2.79 bits per heavy atom. The molecule has 4 rings (SSSR count). The SMILES string of the molecule is O=C(NC1CCCCC1)c1ccc2oc(-c3ccccn3)nc2c1. The van der Waals surface area contributed by atoms with Crippen LogP contribution in [0.2, 0.25) is 0 Å². The summed E-state index contributed by atoms with van der Waals surface area (Å²) in [7, 11) is 0. The van der Waals surface area contributed by atoms with Crippen LogP contribution in [0, 0.1) is 0 Å². The minimum absolute atomic E-state index is 0.0359. The first kappa shape index (κ1) is 14.9. The topological polar surface area (TPSA) is 68.0 Å². The van der Waals surface area contributed by atoms with E-state index in [1.165, 1.54) is 19.3 Å². The molecular weight excluding hydrogens is 302 g/mol. The van der Waals surface area contributed by atoms with Crippen molar-refractivity contribution in [2.24, 2.45) is 0 Å². The van der Waals surface area contributed by atoms with Crippen LogP contribution in [0.25, 0.3) is 22.7 Å². The molecule has 24 heavy (non-hydrogen) atoms. The number of oxazole rings is 1. The van der Waals surface area contributed by atoms with E-state index in [0.29, 0.717) is 34.3 Å². The van der Waals surface area contributed by atoms with E-state index >= 15 is 0 Å². The molecule has 0 unspecified atom stereocenters. The molecule has 1 aliphatic rings. The molecule has 1 aromatic carbocycles. The molecular formula is C19H19N3O2. The second-order valence-corrected chi connectivity index (χ2v) is 6.22. The normalized spacial score (nSPS) is 15.5. The van der Waals surface area contributed by atoms with Crippen LogP contribution in [-0.4, -0.2) is 21.9 Å². The Kier molecular flexibility index (Phi) is 3.99. The van der Waals surface area contributed by atoms with Gasteiger partial charge in [0.2, 0.25) is 5.89 Å². The quantitative estimate of drug-likeness (QED) is 0.793. The van der Waals surface area contributed by atoms with E-state index in [1.54, 1.807) is 24.4 Å². The molecule has 0 spiro atoms. The summed E-state index contributed by atoms with van der Waals surface area (Å²) in [4.78, 5) is 21.2. The summed E-state index contributed by atoms with van der Waals surface area (Å²) < 4.78 is 5.73. The maximum absolute atomic E-state index is 12.5. The molecule has 0 saturated heterocycles. The predicted octanol–water partition coefficient (Wildman–Crippen LogP) is 3.95. The summed E-state index contributed by atoms with van der Waals surface area (Å²) in [5.74, 6) is 0.432. The number of benzene rings is 1. The lowest BCUT2D eigenvalue weighted by molar-refractivity contribution is 0.0928. The van der Waals surface area contributed by atoms with Gasteiger partial charge in [-0.3, -0.25) is 9.78 Å². The van der Waals surface area contributed by atoms with Crippen molar-refractivity contribution >= 4 is 17.0 Å². The third-order valence-corrected chi connectivity index (χ3v) is 4.47. The highest BCUT2D eigenvalue weighted by Crippen LogP contribution is 2.24. The van der Waals surface area contributed by atoms with Gasteiger partial charge in [0.25, 0.3) is 5.91 Å². The van der Waals surface area contributed by atoms with E-state index in [2.05, 4.69) is 15.3 Å². The number of rotatable bonds is 3. The number of nitrogens with zero attached hydrogens (tertiary/aromatic N) is 2. The van der Waals surface area contributed by atoms with Gasteiger partial charge in [-0.2, -0.15) is 0 Å². The fourth-order valence-electron chi connectivity index (χ4n) is 3.18. The van der Waals surface area contributed by atoms with Crippen LogP contribution >= 0.6 is 0 Å². The predicted molar refractivity (Wildman–Crippen MR) is 91.6 cm³/mol. The van der Waals surface area contributed by atoms with E-state index < -0.39 is 0 Å². The first-order chi connectivity index (χ1) is 11.8. The summed E-state index contributed by atoms with van der Waals surface area (Å²) in [6.07, 6.45) is 7.51. The van der Waals surface area contributed by atoms with Crippen LogP contribution in [0.4, 0.5) is 0 Å². The zero-order chi connectivity index (χ0) is 16.4. The Morgan fingerprint density at radius 1 is 1.12 bits per heavy atom. The van der Waals surface area contributed by atoms with Crippen molar-refractivity contribution in [3.8, 4) is 11.6 Å². The largest absolute Gasteiger partial charge is 0.435 e. The second kappa shape index (κ2) is 6.43. The molecule has 0 aliphatic heterocycles. The number of nitrogens with one attached hydrogen (secondary N) is 1. The highest BCUT2D eigenvalue weighted by atomic mass is 16.3. The third kappa shape index (κ3) is 3.02. The first-order valence-corrected chi connectivity index (χ1v) is 8.42. The summed E-state index contributed by atoms with van der Waals surface area (Å²) in [6.45, 7) is 0. The van der Waals surface area contributed by atoms with Crippen molar-refractivity contribution in [2.75, 3.05) is 0 Å². The highest BCUT2D eigenvalue weighted by Gasteiger charge is 2.18. The van der Waals surface area contributed by atoms with Gasteiger partial charge in [0.15, 0.2) is 5.58 Å². The molecule has 122 valence electrons. The van der Waals surface area contributed by atoms with Gasteiger partial charge in [0, 0.05) is 17.8 Å². The van der Waals surface area contributed by atoms with Crippen molar-refractivity contribution in [1.29, 1.82) is 0 Å². The van der Waals surface area contributed by atoms with Crippen LogP contribution in [-0.2, 0) is 0 Å². The number of carbonyl (C=O) groups excluding carboxylic acids is 1. The molecule has 0 bridgehead atoms. The van der Waals surface area contributed by atoms with Gasteiger partial charge in [0.05, 0.1) is 0 Å². The van der Waals surface area contributed by atoms with Gasteiger partial charge in [-0.1, -0.05) is 25.3 Å². The van der Waals surface area contributed by atoms with Crippen molar-refractivity contribution in [3.05, 3.63) is 48.2 Å². The van der Waals surface area contributed by atoms with Crippen LogP contribution < -0.4 is 5.32 Å². The van der Waals surface area contributed by atoms with Crippen LogP contribution in [0.5, 0.6) is 0 Å². The lowest BCUT2D eigenvalue weighted by Gasteiger charge is -2.22. The Labute approximate surface area is 140 Å². The zero-order valence-corrected chi connectivity index (χ0v) is 13.4. The molecule has 1 N–H and O–H groups in total.